The largest absolute Gasteiger partial charge is 0.416 e. The van der Waals surface area contributed by atoms with Gasteiger partial charge in [0.2, 0.25) is 0 Å². The Balaban J connectivity index is 1.59. The number of nitriles is 1. The summed E-state index contributed by atoms with van der Waals surface area (Å²) < 4.78 is 88.5. The number of hydrogen-bond donors (Lipinski definition) is 0. The van der Waals surface area contributed by atoms with Crippen molar-refractivity contribution in [2.45, 2.75) is 26.2 Å². The molecule has 8 aromatic rings. The smallest absolute Gasteiger partial charge is 0.307 e. The number of benzene rings is 6. The molecule has 0 aliphatic rings. The fourth-order valence-electron chi connectivity index (χ4n) is 7.26. The second-order valence-electron chi connectivity index (χ2n) is 12.4. The van der Waals surface area contributed by atoms with Gasteiger partial charge in [-0.25, -0.2) is 0 Å². The molecular weight excluding hydrogens is 648 g/mol. The quantitative estimate of drug-likeness (QED) is 0.172. The average molecular weight is 674 g/mol. The second-order valence-corrected chi connectivity index (χ2v) is 12.4. The van der Waals surface area contributed by atoms with E-state index in [0.29, 0.717) is 23.5 Å². The minimum atomic E-state index is -5.06. The molecule has 0 saturated heterocycles. The summed E-state index contributed by atoms with van der Waals surface area (Å²) in [7, 11) is 0. The molecule has 0 aliphatic carbocycles. The van der Waals surface area contributed by atoms with Crippen LogP contribution in [-0.2, 0) is 12.4 Å². The minimum absolute atomic E-state index is 0.0557. The van der Waals surface area contributed by atoms with Gasteiger partial charge in [0.1, 0.15) is 0 Å². The molecule has 2 aromatic heterocycles. The monoisotopic (exact) mass is 673 g/mol. The molecule has 0 unspecified atom stereocenters. The second kappa shape index (κ2) is 11.0. The van der Waals surface area contributed by atoms with Crippen LogP contribution in [0.3, 0.4) is 0 Å². The number of aryl methyl sites for hydroxylation is 2. The average Bonchev–Trinajstić information content (AvgIpc) is 3.61. The number of fused-ring (bicyclic) bond motifs is 6. The van der Waals surface area contributed by atoms with Crippen LogP contribution in [0, 0.1) is 25.2 Å². The van der Waals surface area contributed by atoms with Gasteiger partial charge in [0.25, 0.3) is 0 Å². The van der Waals surface area contributed by atoms with Crippen LogP contribution < -0.4 is 0 Å². The Hall–Kier alpha value is -6.01. The van der Waals surface area contributed by atoms with E-state index >= 15 is 0 Å². The molecule has 0 spiro atoms. The summed E-state index contributed by atoms with van der Waals surface area (Å²) in [6, 6.07) is 34.0. The lowest BCUT2D eigenvalue weighted by Gasteiger charge is -2.21. The van der Waals surface area contributed by atoms with E-state index < -0.39 is 23.5 Å². The van der Waals surface area contributed by atoms with Crippen molar-refractivity contribution in [3.05, 3.63) is 143 Å². The van der Waals surface area contributed by atoms with Crippen LogP contribution in [0.1, 0.15) is 27.8 Å². The number of aromatic nitrogens is 2. The van der Waals surface area contributed by atoms with Gasteiger partial charge >= 0.3 is 12.4 Å². The Bertz CT molecular complexity index is 2690. The Labute approximate surface area is 281 Å². The van der Waals surface area contributed by atoms with Crippen molar-refractivity contribution >= 4 is 43.6 Å². The molecule has 246 valence electrons. The zero-order valence-electron chi connectivity index (χ0n) is 26.6. The molecule has 0 amide bonds. The molecule has 0 N–H and O–H groups in total. The minimum Gasteiger partial charge on any atom is -0.307 e. The molecule has 3 nitrogen and oxygen atoms in total. The van der Waals surface area contributed by atoms with Crippen LogP contribution in [0.4, 0.5) is 26.3 Å². The number of hydrogen-bond acceptors (Lipinski definition) is 1. The lowest BCUT2D eigenvalue weighted by molar-refractivity contribution is -0.143. The molecule has 0 bridgehead atoms. The number of alkyl halides is 6. The molecule has 9 heteroatoms. The maximum Gasteiger partial charge on any atom is 0.416 e. The third-order valence-electron chi connectivity index (χ3n) is 9.41. The van der Waals surface area contributed by atoms with E-state index in [1.54, 1.807) is 12.1 Å². The van der Waals surface area contributed by atoms with Crippen LogP contribution in [0.15, 0.2) is 115 Å². The van der Waals surface area contributed by atoms with Gasteiger partial charge in [0.15, 0.2) is 0 Å². The van der Waals surface area contributed by atoms with Crippen molar-refractivity contribution in [2.24, 2.45) is 0 Å². The standard InChI is InChI=1S/C41H25F6N3/c1-23-9-7-13-31-29-11-3-5-15-34(29)49(38(23)31)36-19-26(22-48)33(25-17-27(40(42,43)44)20-28(18-25)41(45,46)47)21-37(36)50-35-16-6-4-12-30(35)32-14-8-10-24(2)39(32)50/h3-21H,1-2H3. The van der Waals surface area contributed by atoms with Gasteiger partial charge in [-0.15, -0.1) is 0 Å². The zero-order valence-corrected chi connectivity index (χ0v) is 26.6. The molecule has 0 radical (unpaired) electrons. The number of para-hydroxylation sites is 4. The third-order valence-corrected chi connectivity index (χ3v) is 9.41. The van der Waals surface area contributed by atoms with Crippen LogP contribution in [-0.4, -0.2) is 9.13 Å². The van der Waals surface area contributed by atoms with E-state index in [4.69, 9.17) is 0 Å². The highest BCUT2D eigenvalue weighted by Crippen LogP contribution is 2.44. The highest BCUT2D eigenvalue weighted by Gasteiger charge is 2.37. The summed E-state index contributed by atoms with van der Waals surface area (Å²) >= 11 is 0. The van der Waals surface area contributed by atoms with Crippen LogP contribution in [0.5, 0.6) is 0 Å². The number of nitrogens with zero attached hydrogens (tertiary/aromatic N) is 3. The normalized spacial score (nSPS) is 12.4. The Morgan fingerprint density at radius 1 is 0.520 bits per heavy atom. The van der Waals surface area contributed by atoms with E-state index in [2.05, 4.69) is 6.07 Å². The van der Waals surface area contributed by atoms with Crippen molar-refractivity contribution < 1.29 is 26.3 Å². The summed E-state index contributed by atoms with van der Waals surface area (Å²) in [5.74, 6) is 0. The molecule has 2 heterocycles. The first-order chi connectivity index (χ1) is 23.9. The summed E-state index contributed by atoms with van der Waals surface area (Å²) in [4.78, 5) is 0. The molecule has 0 atom stereocenters. The van der Waals surface area contributed by atoms with Gasteiger partial charge in [-0.1, -0.05) is 72.8 Å². The number of rotatable bonds is 3. The lowest BCUT2D eigenvalue weighted by atomic mass is 9.94. The fourth-order valence-corrected chi connectivity index (χ4v) is 7.26. The van der Waals surface area contributed by atoms with Gasteiger partial charge in [-0.2, -0.15) is 31.6 Å². The molecule has 6 aromatic carbocycles. The van der Waals surface area contributed by atoms with Gasteiger partial charge in [0, 0.05) is 27.1 Å². The fraction of sp³-hybridized carbons (Fsp3) is 0.0976. The number of halogens is 6. The van der Waals surface area contributed by atoms with Gasteiger partial charge < -0.3 is 9.13 Å². The summed E-state index contributed by atoms with van der Waals surface area (Å²) in [6.07, 6.45) is -10.1. The van der Waals surface area contributed by atoms with Crippen LogP contribution >= 0.6 is 0 Å². The lowest BCUT2D eigenvalue weighted by Crippen LogP contribution is -2.11. The first kappa shape index (κ1) is 31.3. The van der Waals surface area contributed by atoms with Gasteiger partial charge in [-0.05, 0) is 73.0 Å². The van der Waals surface area contributed by atoms with E-state index in [1.165, 1.54) is 0 Å². The van der Waals surface area contributed by atoms with E-state index in [-0.39, 0.29) is 22.8 Å². The van der Waals surface area contributed by atoms with Crippen molar-refractivity contribution in [1.82, 2.24) is 9.13 Å². The molecule has 50 heavy (non-hydrogen) atoms. The Kier molecular flexibility index (Phi) is 6.88. The maximum atomic E-state index is 14.1. The van der Waals surface area contributed by atoms with E-state index in [0.717, 1.165) is 54.7 Å². The van der Waals surface area contributed by atoms with Gasteiger partial charge in [0.05, 0.1) is 56.2 Å². The molecular formula is C41H25F6N3. The molecule has 8 rings (SSSR count). The third kappa shape index (κ3) is 4.74. The summed E-state index contributed by atoms with van der Waals surface area (Å²) in [5, 5.41) is 14.3. The first-order valence-corrected chi connectivity index (χ1v) is 15.7. The molecule has 0 saturated carbocycles. The topological polar surface area (TPSA) is 33.6 Å². The predicted octanol–water partition coefficient (Wildman–Crippen LogP) is 12.1. The van der Waals surface area contributed by atoms with E-state index in [9.17, 15) is 31.6 Å². The van der Waals surface area contributed by atoms with Crippen molar-refractivity contribution in [3.63, 3.8) is 0 Å². The SMILES string of the molecule is Cc1cccc2c3ccccc3n(-c3cc(C#N)c(-c4cc(C(F)(F)F)cc(C(F)(F)F)c4)cc3-n3c4ccccc4c4cccc(C)c43)c12. The highest BCUT2D eigenvalue weighted by molar-refractivity contribution is 6.12. The van der Waals surface area contributed by atoms with Crippen LogP contribution in [0.25, 0.3) is 66.1 Å². The zero-order chi connectivity index (χ0) is 35.1. The van der Waals surface area contributed by atoms with Crippen molar-refractivity contribution in [2.75, 3.05) is 0 Å². The van der Waals surface area contributed by atoms with Gasteiger partial charge in [-0.3, -0.25) is 0 Å². The van der Waals surface area contributed by atoms with Crippen molar-refractivity contribution in [3.8, 4) is 28.6 Å². The highest BCUT2D eigenvalue weighted by atomic mass is 19.4. The summed E-state index contributed by atoms with van der Waals surface area (Å²) in [5.41, 5.74) is 2.76. The molecule has 0 fully saturated rings. The van der Waals surface area contributed by atoms with Crippen molar-refractivity contribution in [1.29, 1.82) is 5.26 Å². The first-order valence-electron chi connectivity index (χ1n) is 15.7. The predicted molar refractivity (Wildman–Crippen MR) is 185 cm³/mol. The maximum absolute atomic E-state index is 14.1. The summed E-state index contributed by atoms with van der Waals surface area (Å²) in [6.45, 7) is 3.93. The molecule has 0 aliphatic heterocycles. The van der Waals surface area contributed by atoms with Crippen LogP contribution in [0.2, 0.25) is 0 Å². The Morgan fingerprint density at radius 2 is 0.960 bits per heavy atom. The van der Waals surface area contributed by atoms with E-state index in [1.807, 2.05) is 108 Å². The Morgan fingerprint density at radius 3 is 1.42 bits per heavy atom.